The SMILES string of the molecule is CC(=O)c1csc(NC(=O)C2CC(=O)N(c3ccc(Br)c(C)c3)C2)n1. The van der Waals surface area contributed by atoms with Crippen LogP contribution in [-0.4, -0.2) is 29.1 Å². The molecule has 0 bridgehead atoms. The normalized spacial score (nSPS) is 17.0. The third kappa shape index (κ3) is 3.80. The van der Waals surface area contributed by atoms with Gasteiger partial charge in [-0.25, -0.2) is 4.98 Å². The second-order valence-electron chi connectivity index (χ2n) is 5.92. The Bertz CT molecular complexity index is 865. The highest BCUT2D eigenvalue weighted by Crippen LogP contribution is 2.29. The lowest BCUT2D eigenvalue weighted by Crippen LogP contribution is -2.28. The molecule has 2 amide bonds. The molecule has 1 N–H and O–H groups in total. The van der Waals surface area contributed by atoms with Gasteiger partial charge in [0.25, 0.3) is 0 Å². The third-order valence-electron chi connectivity index (χ3n) is 4.04. The minimum atomic E-state index is -0.443. The largest absolute Gasteiger partial charge is 0.312 e. The van der Waals surface area contributed by atoms with Crippen molar-refractivity contribution in [1.29, 1.82) is 0 Å². The Morgan fingerprint density at radius 1 is 1.40 bits per heavy atom. The van der Waals surface area contributed by atoms with Crippen LogP contribution < -0.4 is 10.2 Å². The van der Waals surface area contributed by atoms with Gasteiger partial charge < -0.3 is 10.2 Å². The van der Waals surface area contributed by atoms with Gasteiger partial charge in [-0.15, -0.1) is 11.3 Å². The van der Waals surface area contributed by atoms with Crippen LogP contribution in [0.3, 0.4) is 0 Å². The van der Waals surface area contributed by atoms with Crippen LogP contribution in [0.4, 0.5) is 10.8 Å². The van der Waals surface area contributed by atoms with Crippen LogP contribution in [-0.2, 0) is 9.59 Å². The third-order valence-corrected chi connectivity index (χ3v) is 5.69. The van der Waals surface area contributed by atoms with Crippen LogP contribution in [0.5, 0.6) is 0 Å². The predicted octanol–water partition coefficient (Wildman–Crippen LogP) is 3.41. The number of carbonyl (C=O) groups is 3. The van der Waals surface area contributed by atoms with E-state index in [4.69, 9.17) is 0 Å². The molecule has 6 nitrogen and oxygen atoms in total. The van der Waals surface area contributed by atoms with Crippen LogP contribution >= 0.6 is 27.3 Å². The summed E-state index contributed by atoms with van der Waals surface area (Å²) >= 11 is 4.64. The summed E-state index contributed by atoms with van der Waals surface area (Å²) in [6.45, 7) is 3.71. The Hall–Kier alpha value is -2.06. The molecule has 1 unspecified atom stereocenters. The molecular weight excluding hydrogens is 406 g/mol. The van der Waals surface area contributed by atoms with Crippen molar-refractivity contribution in [3.63, 3.8) is 0 Å². The van der Waals surface area contributed by atoms with Crippen molar-refractivity contribution in [2.75, 3.05) is 16.8 Å². The van der Waals surface area contributed by atoms with Gasteiger partial charge in [0.05, 0.1) is 5.92 Å². The molecule has 3 rings (SSSR count). The van der Waals surface area contributed by atoms with Crippen molar-refractivity contribution in [3.05, 3.63) is 39.3 Å². The number of rotatable bonds is 4. The predicted molar refractivity (Wildman–Crippen MR) is 100 cm³/mol. The Morgan fingerprint density at radius 2 is 2.16 bits per heavy atom. The number of aryl methyl sites for hydroxylation is 1. The number of nitrogens with one attached hydrogen (secondary N) is 1. The number of thiazole rings is 1. The number of benzene rings is 1. The Kier molecular flexibility index (Phi) is 5.01. The summed E-state index contributed by atoms with van der Waals surface area (Å²) in [7, 11) is 0. The molecule has 1 aromatic carbocycles. The number of Topliss-reactive ketones (excluding diaryl/α,β-unsaturated/α-hetero) is 1. The summed E-state index contributed by atoms with van der Waals surface area (Å²) in [5, 5.41) is 4.68. The molecule has 0 spiro atoms. The van der Waals surface area contributed by atoms with Gasteiger partial charge in [-0.05, 0) is 30.7 Å². The van der Waals surface area contributed by atoms with Crippen LogP contribution in [0.2, 0.25) is 0 Å². The fraction of sp³-hybridized carbons (Fsp3) is 0.294. The second-order valence-corrected chi connectivity index (χ2v) is 7.63. The van der Waals surface area contributed by atoms with Crippen molar-refractivity contribution < 1.29 is 14.4 Å². The average molecular weight is 422 g/mol. The highest BCUT2D eigenvalue weighted by molar-refractivity contribution is 9.10. The molecule has 8 heteroatoms. The monoisotopic (exact) mass is 421 g/mol. The van der Waals surface area contributed by atoms with E-state index in [0.29, 0.717) is 17.4 Å². The highest BCUT2D eigenvalue weighted by Gasteiger charge is 2.35. The van der Waals surface area contributed by atoms with Crippen molar-refractivity contribution in [2.24, 2.45) is 5.92 Å². The summed E-state index contributed by atoms with van der Waals surface area (Å²) in [5.74, 6) is -0.926. The summed E-state index contributed by atoms with van der Waals surface area (Å²) in [6.07, 6.45) is 0.159. The minimum Gasteiger partial charge on any atom is -0.312 e. The Balaban J connectivity index is 1.69. The number of aromatic nitrogens is 1. The number of ketones is 1. The number of nitrogens with zero attached hydrogens (tertiary/aromatic N) is 2. The maximum Gasteiger partial charge on any atom is 0.231 e. The van der Waals surface area contributed by atoms with E-state index in [0.717, 1.165) is 15.7 Å². The molecule has 130 valence electrons. The molecule has 1 atom stereocenters. The zero-order valence-electron chi connectivity index (χ0n) is 13.7. The molecule has 25 heavy (non-hydrogen) atoms. The van der Waals surface area contributed by atoms with Crippen LogP contribution in [0.1, 0.15) is 29.4 Å². The first-order valence-corrected chi connectivity index (χ1v) is 9.36. The van der Waals surface area contributed by atoms with Gasteiger partial charge in [0.2, 0.25) is 11.8 Å². The van der Waals surface area contributed by atoms with Gasteiger partial charge >= 0.3 is 0 Å². The standard InChI is InChI=1S/C17H16BrN3O3S/c1-9-5-12(3-4-13(9)18)21-7-11(6-15(21)23)16(24)20-17-19-14(8-25-17)10(2)22/h3-5,8,11H,6-7H2,1-2H3,(H,19,20,24). The molecule has 1 saturated heterocycles. The van der Waals surface area contributed by atoms with Crippen molar-refractivity contribution >= 4 is 55.7 Å². The zero-order valence-corrected chi connectivity index (χ0v) is 16.1. The molecule has 0 aliphatic carbocycles. The highest BCUT2D eigenvalue weighted by atomic mass is 79.9. The maximum atomic E-state index is 12.4. The molecule has 1 aromatic heterocycles. The van der Waals surface area contributed by atoms with E-state index in [9.17, 15) is 14.4 Å². The van der Waals surface area contributed by atoms with Crippen LogP contribution in [0.15, 0.2) is 28.1 Å². The van der Waals surface area contributed by atoms with Gasteiger partial charge in [-0.2, -0.15) is 0 Å². The quantitative estimate of drug-likeness (QED) is 0.766. The van der Waals surface area contributed by atoms with Gasteiger partial charge in [0, 0.05) is 35.4 Å². The average Bonchev–Trinajstić information content (AvgIpc) is 3.17. The zero-order chi connectivity index (χ0) is 18.1. The van der Waals surface area contributed by atoms with Crippen LogP contribution in [0, 0.1) is 12.8 Å². The topological polar surface area (TPSA) is 79.4 Å². The fourth-order valence-electron chi connectivity index (χ4n) is 2.63. The summed E-state index contributed by atoms with van der Waals surface area (Å²) in [4.78, 5) is 41.7. The minimum absolute atomic E-state index is 0.0783. The second kappa shape index (κ2) is 7.05. The number of anilines is 2. The van der Waals surface area contributed by atoms with Gasteiger partial charge in [0.1, 0.15) is 5.69 Å². The van der Waals surface area contributed by atoms with E-state index in [1.165, 1.54) is 18.3 Å². The Morgan fingerprint density at radius 3 is 2.80 bits per heavy atom. The number of hydrogen-bond acceptors (Lipinski definition) is 5. The first kappa shape index (κ1) is 17.8. The van der Waals surface area contributed by atoms with E-state index in [2.05, 4.69) is 26.2 Å². The van der Waals surface area contributed by atoms with E-state index in [-0.39, 0.29) is 24.0 Å². The van der Waals surface area contributed by atoms with E-state index < -0.39 is 5.92 Å². The molecule has 1 aliphatic heterocycles. The molecule has 0 saturated carbocycles. The number of halogens is 1. The summed E-state index contributed by atoms with van der Waals surface area (Å²) in [5.41, 5.74) is 2.14. The molecule has 2 aromatic rings. The molecule has 0 radical (unpaired) electrons. The van der Waals surface area contributed by atoms with Gasteiger partial charge in [-0.3, -0.25) is 14.4 Å². The van der Waals surface area contributed by atoms with Gasteiger partial charge in [-0.1, -0.05) is 15.9 Å². The first-order valence-electron chi connectivity index (χ1n) is 7.69. The van der Waals surface area contributed by atoms with Crippen molar-refractivity contribution in [3.8, 4) is 0 Å². The van der Waals surface area contributed by atoms with Crippen molar-refractivity contribution in [2.45, 2.75) is 20.3 Å². The smallest absolute Gasteiger partial charge is 0.231 e. The van der Waals surface area contributed by atoms with Crippen molar-refractivity contribution in [1.82, 2.24) is 4.98 Å². The lowest BCUT2D eigenvalue weighted by molar-refractivity contribution is -0.122. The lowest BCUT2D eigenvalue weighted by Gasteiger charge is -2.17. The molecular formula is C17H16BrN3O3S. The lowest BCUT2D eigenvalue weighted by atomic mass is 10.1. The summed E-state index contributed by atoms with van der Waals surface area (Å²) in [6, 6.07) is 5.67. The van der Waals surface area contributed by atoms with E-state index in [1.54, 1.807) is 10.3 Å². The number of carbonyl (C=O) groups excluding carboxylic acids is 3. The number of amides is 2. The van der Waals surface area contributed by atoms with Crippen LogP contribution in [0.25, 0.3) is 0 Å². The first-order chi connectivity index (χ1) is 11.8. The maximum absolute atomic E-state index is 12.4. The number of hydrogen-bond donors (Lipinski definition) is 1. The summed E-state index contributed by atoms with van der Waals surface area (Å²) < 4.78 is 0.974. The van der Waals surface area contributed by atoms with Gasteiger partial charge in [0.15, 0.2) is 10.9 Å². The molecule has 1 aliphatic rings. The van der Waals surface area contributed by atoms with E-state index in [1.807, 2.05) is 25.1 Å². The molecule has 2 heterocycles. The Labute approximate surface area is 157 Å². The molecule has 1 fully saturated rings. The fourth-order valence-corrected chi connectivity index (χ4v) is 3.63. The van der Waals surface area contributed by atoms with E-state index >= 15 is 0 Å².